The van der Waals surface area contributed by atoms with Crippen molar-refractivity contribution in [1.82, 2.24) is 29.9 Å². The highest BCUT2D eigenvalue weighted by atomic mass is 35.5. The number of amides is 1. The van der Waals surface area contributed by atoms with E-state index < -0.39 is 81.3 Å². The molecule has 1 aliphatic heterocycles. The fourth-order valence-electron chi connectivity index (χ4n) is 8.03. The maximum absolute atomic E-state index is 15.4. The number of ether oxygens (including phenoxy) is 1. The minimum Gasteiger partial charge on any atom is -0.381 e. The Morgan fingerprint density at radius 2 is 1.76 bits per heavy atom. The largest absolute Gasteiger partial charge is 0.381 e. The van der Waals surface area contributed by atoms with Gasteiger partial charge in [-0.3, -0.25) is 18.9 Å². The van der Waals surface area contributed by atoms with E-state index in [1.807, 2.05) is 0 Å². The number of carbonyl (C=O) groups excluding carboxylic acids is 1. The van der Waals surface area contributed by atoms with Crippen molar-refractivity contribution in [2.45, 2.75) is 62.1 Å². The molecule has 2 aromatic carbocycles. The zero-order valence-corrected chi connectivity index (χ0v) is 32.7. The second kappa shape index (κ2) is 14.8. The summed E-state index contributed by atoms with van der Waals surface area (Å²) in [6.07, 6.45) is -2.14. The standard InChI is InChI=1S/C39H34ClF6N7O5S/c1-52-34-24(5-6-27(40)31(34)37(50-52)51-59(2,56)57)23-4-3-22(7-8-38(55)9-11-58-12-10-38)47-32(23)28(15-19-13-20(41)16-21(42)14-19)48-29(54)18-53-35-30(33(49-53)36(43)44)25-17-26(25)39(35,45)46/h3-6,13-14,16,25-26,28,36,55H,9-12,15,17-18H2,1-2H3,(H,48,54)(H,50,51)/t25-,26+,28?/m0/s1. The summed E-state index contributed by atoms with van der Waals surface area (Å²) in [5, 5.41) is 22.2. The molecule has 0 radical (unpaired) electrons. The number of halogens is 7. The zero-order valence-electron chi connectivity index (χ0n) is 31.2. The number of alkyl halides is 4. The van der Waals surface area contributed by atoms with Crippen LogP contribution in [0.1, 0.15) is 71.6 Å². The molecule has 2 aliphatic carbocycles. The average molecular weight is 862 g/mol. The number of pyridine rings is 1. The molecule has 20 heteroatoms. The van der Waals surface area contributed by atoms with Crippen molar-refractivity contribution in [2.24, 2.45) is 13.0 Å². The third-order valence-electron chi connectivity index (χ3n) is 10.7. The third kappa shape index (κ3) is 7.86. The number of sulfonamides is 1. The van der Waals surface area contributed by atoms with Gasteiger partial charge in [-0.1, -0.05) is 23.6 Å². The number of anilines is 1. The second-order valence-electron chi connectivity index (χ2n) is 15.0. The molecule has 3 aromatic heterocycles. The molecule has 5 aromatic rings. The predicted octanol–water partition coefficient (Wildman–Crippen LogP) is 6.27. The quantitative estimate of drug-likeness (QED) is 0.110. The number of carbonyl (C=O) groups is 1. The van der Waals surface area contributed by atoms with Crippen molar-refractivity contribution in [3.63, 3.8) is 0 Å². The smallest absolute Gasteiger partial charge is 0.293 e. The summed E-state index contributed by atoms with van der Waals surface area (Å²) < 4.78 is 122. The van der Waals surface area contributed by atoms with E-state index in [-0.39, 0.29) is 83.2 Å². The van der Waals surface area contributed by atoms with E-state index in [4.69, 9.17) is 21.3 Å². The lowest BCUT2D eigenvalue weighted by molar-refractivity contribution is -0.123. The van der Waals surface area contributed by atoms with Crippen LogP contribution >= 0.6 is 11.6 Å². The van der Waals surface area contributed by atoms with Gasteiger partial charge in [0.2, 0.25) is 15.9 Å². The number of hydrogen-bond acceptors (Lipinski definition) is 8. The highest BCUT2D eigenvalue weighted by molar-refractivity contribution is 7.92. The van der Waals surface area contributed by atoms with Crippen molar-refractivity contribution in [3.8, 4) is 23.0 Å². The number of benzene rings is 2. The van der Waals surface area contributed by atoms with Crippen LogP contribution in [-0.4, -0.2) is 69.0 Å². The van der Waals surface area contributed by atoms with Gasteiger partial charge in [0.25, 0.3) is 12.3 Å². The summed E-state index contributed by atoms with van der Waals surface area (Å²) in [6, 6.07) is 7.54. The molecule has 0 spiro atoms. The zero-order chi connectivity index (χ0) is 42.2. The Hall–Kier alpha value is -5.16. The number of aromatic nitrogens is 5. The lowest BCUT2D eigenvalue weighted by atomic mass is 9.93. The molecule has 59 heavy (non-hydrogen) atoms. The maximum Gasteiger partial charge on any atom is 0.293 e. The van der Waals surface area contributed by atoms with Gasteiger partial charge in [-0.05, 0) is 60.6 Å². The van der Waals surface area contributed by atoms with Gasteiger partial charge in [0, 0.05) is 48.6 Å². The van der Waals surface area contributed by atoms with Crippen molar-refractivity contribution in [2.75, 3.05) is 24.2 Å². The lowest BCUT2D eigenvalue weighted by Crippen LogP contribution is -2.35. The molecule has 1 amide bonds. The minimum absolute atomic E-state index is 0.0170. The molecule has 3 atom stereocenters. The van der Waals surface area contributed by atoms with Gasteiger partial charge in [-0.2, -0.15) is 19.0 Å². The predicted molar refractivity (Wildman–Crippen MR) is 202 cm³/mol. The molecular weight excluding hydrogens is 828 g/mol. The average Bonchev–Trinajstić information content (AvgIpc) is 3.69. The Labute approximate surface area is 337 Å². The van der Waals surface area contributed by atoms with E-state index in [2.05, 4.69) is 32.1 Å². The van der Waals surface area contributed by atoms with E-state index in [9.17, 15) is 35.9 Å². The summed E-state index contributed by atoms with van der Waals surface area (Å²) in [7, 11) is -2.31. The fourth-order valence-corrected chi connectivity index (χ4v) is 8.76. The second-order valence-corrected chi connectivity index (χ2v) is 17.1. The van der Waals surface area contributed by atoms with Crippen LogP contribution in [-0.2, 0) is 45.5 Å². The van der Waals surface area contributed by atoms with Gasteiger partial charge in [0.1, 0.15) is 40.9 Å². The Bertz CT molecular complexity index is 2690. The SMILES string of the molecule is Cn1nc(NS(C)(=O)=O)c2c(Cl)ccc(-c3ccc(C#CC4(O)CCOCC4)nc3C(Cc3cc(F)cc(F)c3)NC(=O)Cn3nc(C(F)F)c4c3C(F)(F)[C@@H]3C[C@H]43)c21. The van der Waals surface area contributed by atoms with Crippen molar-refractivity contribution < 1.29 is 49.4 Å². The van der Waals surface area contributed by atoms with E-state index in [1.165, 1.54) is 23.9 Å². The van der Waals surface area contributed by atoms with Gasteiger partial charge in [0.15, 0.2) is 5.82 Å². The van der Waals surface area contributed by atoms with E-state index in [1.54, 1.807) is 12.1 Å². The van der Waals surface area contributed by atoms with Crippen LogP contribution < -0.4 is 10.0 Å². The Balaban J connectivity index is 1.28. The number of rotatable bonds is 10. The van der Waals surface area contributed by atoms with Gasteiger partial charge in [-0.25, -0.2) is 31.0 Å². The van der Waals surface area contributed by atoms with Gasteiger partial charge < -0.3 is 15.2 Å². The number of hydrogen-bond donors (Lipinski definition) is 3. The summed E-state index contributed by atoms with van der Waals surface area (Å²) in [4.78, 5) is 18.8. The monoisotopic (exact) mass is 861 g/mol. The number of fused-ring (bicyclic) bond motifs is 4. The van der Waals surface area contributed by atoms with Crippen LogP contribution in [0, 0.1) is 29.4 Å². The number of nitrogens with one attached hydrogen (secondary N) is 2. The van der Waals surface area contributed by atoms with Crippen LogP contribution in [0.2, 0.25) is 5.02 Å². The lowest BCUT2D eigenvalue weighted by Gasteiger charge is -2.26. The molecule has 4 heterocycles. The van der Waals surface area contributed by atoms with Crippen LogP contribution in [0.4, 0.5) is 32.2 Å². The first-order valence-electron chi connectivity index (χ1n) is 18.3. The van der Waals surface area contributed by atoms with Gasteiger partial charge >= 0.3 is 0 Å². The van der Waals surface area contributed by atoms with Gasteiger partial charge in [-0.15, -0.1) is 0 Å². The first kappa shape index (κ1) is 40.6. The molecule has 12 nitrogen and oxygen atoms in total. The van der Waals surface area contributed by atoms with E-state index in [0.29, 0.717) is 21.8 Å². The first-order valence-corrected chi connectivity index (χ1v) is 20.6. The number of nitrogens with zero attached hydrogens (tertiary/aromatic N) is 5. The molecule has 2 fully saturated rings. The first-order chi connectivity index (χ1) is 27.8. The number of aryl methyl sites for hydroxylation is 1. The molecule has 1 saturated carbocycles. The van der Waals surface area contributed by atoms with Crippen LogP contribution in [0.15, 0.2) is 42.5 Å². The van der Waals surface area contributed by atoms with Gasteiger partial charge in [0.05, 0.1) is 47.1 Å². The molecule has 3 N–H and O–H groups in total. The molecule has 1 saturated heterocycles. The third-order valence-corrected chi connectivity index (χ3v) is 11.5. The highest BCUT2D eigenvalue weighted by Gasteiger charge is 2.67. The number of aliphatic hydroxyl groups is 1. The molecule has 3 aliphatic rings. The fraction of sp³-hybridized carbons (Fsp3) is 0.385. The summed E-state index contributed by atoms with van der Waals surface area (Å²) in [5.74, 6) is -2.73. The summed E-state index contributed by atoms with van der Waals surface area (Å²) in [6.45, 7) is -0.393. The van der Waals surface area contributed by atoms with Crippen molar-refractivity contribution >= 4 is 44.3 Å². The molecular formula is C39H34ClF6N7O5S. The maximum atomic E-state index is 15.4. The Morgan fingerprint density at radius 3 is 2.44 bits per heavy atom. The van der Waals surface area contributed by atoms with E-state index >= 15 is 8.78 Å². The Kier molecular flexibility index (Phi) is 10.2. The molecule has 0 bridgehead atoms. The topological polar surface area (TPSA) is 153 Å². The minimum atomic E-state index is -3.84. The Morgan fingerprint density at radius 1 is 1.07 bits per heavy atom. The van der Waals surface area contributed by atoms with Crippen molar-refractivity contribution in [3.05, 3.63) is 93.0 Å². The molecule has 1 unspecified atom stereocenters. The van der Waals surface area contributed by atoms with Crippen LogP contribution in [0.25, 0.3) is 22.0 Å². The van der Waals surface area contributed by atoms with Crippen molar-refractivity contribution in [1.29, 1.82) is 0 Å². The van der Waals surface area contributed by atoms with E-state index in [0.717, 1.165) is 18.4 Å². The highest BCUT2D eigenvalue weighted by Crippen LogP contribution is 2.68. The van der Waals surface area contributed by atoms with Crippen LogP contribution in [0.3, 0.4) is 0 Å². The molecule has 310 valence electrons. The summed E-state index contributed by atoms with van der Waals surface area (Å²) in [5.41, 5.74) is -2.16. The van der Waals surface area contributed by atoms with Crippen LogP contribution in [0.5, 0.6) is 0 Å². The normalized spacial score (nSPS) is 19.5. The summed E-state index contributed by atoms with van der Waals surface area (Å²) >= 11 is 6.60. The molecule has 8 rings (SSSR count).